The van der Waals surface area contributed by atoms with Crippen LogP contribution in [0.5, 0.6) is 0 Å². The quantitative estimate of drug-likeness (QED) is 0.845. The topological polar surface area (TPSA) is 81.2 Å². The van der Waals surface area contributed by atoms with Crippen LogP contribution in [0.25, 0.3) is 0 Å². The molecule has 1 aromatic heterocycles. The fourth-order valence-corrected chi connectivity index (χ4v) is 2.89. The molecular formula is C15H26ClN3O2. The maximum Gasteiger partial charge on any atom is 0.240 e. The second kappa shape index (κ2) is 7.80. The molecule has 0 unspecified atom stereocenters. The number of carbonyl (C=O) groups excluding carboxylic acids is 1. The minimum absolute atomic E-state index is 0. The van der Waals surface area contributed by atoms with E-state index >= 15 is 0 Å². The van der Waals surface area contributed by atoms with Crippen LogP contribution in [0.4, 0.5) is 0 Å². The summed E-state index contributed by atoms with van der Waals surface area (Å²) in [6, 6.07) is 1.94. The van der Waals surface area contributed by atoms with Gasteiger partial charge < -0.3 is 15.6 Å². The van der Waals surface area contributed by atoms with E-state index in [0.29, 0.717) is 18.2 Å². The third-order valence-corrected chi connectivity index (χ3v) is 4.35. The summed E-state index contributed by atoms with van der Waals surface area (Å²) in [7, 11) is 0. The lowest BCUT2D eigenvalue weighted by molar-refractivity contribution is -0.126. The summed E-state index contributed by atoms with van der Waals surface area (Å²) < 4.78 is 5.29. The van der Waals surface area contributed by atoms with E-state index in [-0.39, 0.29) is 18.3 Å². The Balaban J connectivity index is 0.00000220. The summed E-state index contributed by atoms with van der Waals surface area (Å²) in [5.74, 6) is 1.05. The van der Waals surface area contributed by atoms with Crippen LogP contribution < -0.4 is 11.1 Å². The van der Waals surface area contributed by atoms with Gasteiger partial charge in [0.1, 0.15) is 0 Å². The summed E-state index contributed by atoms with van der Waals surface area (Å²) in [6.45, 7) is 4.65. The molecule has 120 valence electrons. The molecule has 1 amide bonds. The summed E-state index contributed by atoms with van der Waals surface area (Å²) >= 11 is 0. The molecule has 0 atom stereocenters. The molecule has 3 N–H and O–H groups in total. The monoisotopic (exact) mass is 315 g/mol. The van der Waals surface area contributed by atoms with Crippen molar-refractivity contribution in [3.8, 4) is 0 Å². The minimum Gasteiger partial charge on any atom is -0.359 e. The first kappa shape index (κ1) is 18.0. The molecule has 0 radical (unpaired) electrons. The van der Waals surface area contributed by atoms with Crippen molar-refractivity contribution >= 4 is 18.3 Å². The van der Waals surface area contributed by atoms with E-state index in [4.69, 9.17) is 10.3 Å². The summed E-state index contributed by atoms with van der Waals surface area (Å²) in [6.07, 6.45) is 5.69. The lowest BCUT2D eigenvalue weighted by Gasteiger charge is -2.21. The van der Waals surface area contributed by atoms with Gasteiger partial charge in [0.2, 0.25) is 5.91 Å². The molecule has 6 heteroatoms. The Labute approximate surface area is 132 Å². The van der Waals surface area contributed by atoms with Crippen molar-refractivity contribution in [3.05, 3.63) is 17.5 Å². The Kier molecular flexibility index (Phi) is 6.68. The molecule has 1 aliphatic rings. The maximum absolute atomic E-state index is 12.1. The summed E-state index contributed by atoms with van der Waals surface area (Å²) in [5, 5.41) is 6.97. The number of amides is 1. The lowest BCUT2D eigenvalue weighted by Crippen LogP contribution is -2.51. The lowest BCUT2D eigenvalue weighted by atomic mass is 9.98. The fraction of sp³-hybridized carbons (Fsp3) is 0.733. The molecule has 0 spiro atoms. The average molecular weight is 316 g/mol. The van der Waals surface area contributed by atoms with E-state index in [1.165, 1.54) is 0 Å². The Hall–Kier alpha value is -1.07. The molecule has 1 saturated carbocycles. The van der Waals surface area contributed by atoms with E-state index in [0.717, 1.165) is 44.2 Å². The zero-order valence-electron chi connectivity index (χ0n) is 12.9. The van der Waals surface area contributed by atoms with Gasteiger partial charge in [-0.1, -0.05) is 31.8 Å². The molecule has 5 nitrogen and oxygen atoms in total. The number of nitrogens with one attached hydrogen (secondary N) is 1. The zero-order valence-corrected chi connectivity index (χ0v) is 13.7. The van der Waals surface area contributed by atoms with Gasteiger partial charge in [-0.15, -0.1) is 12.4 Å². The van der Waals surface area contributed by atoms with Gasteiger partial charge in [0.05, 0.1) is 17.8 Å². The third-order valence-electron chi connectivity index (χ3n) is 4.35. The van der Waals surface area contributed by atoms with Crippen LogP contribution in [0.2, 0.25) is 0 Å². The summed E-state index contributed by atoms with van der Waals surface area (Å²) in [4.78, 5) is 12.1. The van der Waals surface area contributed by atoms with Crippen molar-refractivity contribution < 1.29 is 9.32 Å². The number of carbonyl (C=O) groups is 1. The minimum atomic E-state index is -0.682. The van der Waals surface area contributed by atoms with Crippen LogP contribution >= 0.6 is 12.4 Å². The number of aromatic nitrogens is 1. The average Bonchev–Trinajstić information content (AvgIpc) is 3.08. The van der Waals surface area contributed by atoms with Gasteiger partial charge in [-0.05, 0) is 25.7 Å². The highest BCUT2D eigenvalue weighted by molar-refractivity contribution is 5.86. The van der Waals surface area contributed by atoms with Crippen LogP contribution in [-0.4, -0.2) is 16.6 Å². The van der Waals surface area contributed by atoms with Crippen molar-refractivity contribution in [2.45, 2.75) is 70.4 Å². The fourth-order valence-electron chi connectivity index (χ4n) is 2.89. The van der Waals surface area contributed by atoms with Crippen molar-refractivity contribution in [1.29, 1.82) is 0 Å². The van der Waals surface area contributed by atoms with Gasteiger partial charge in [0.25, 0.3) is 0 Å². The molecule has 1 aromatic rings. The maximum atomic E-state index is 12.1. The van der Waals surface area contributed by atoms with Gasteiger partial charge in [-0.3, -0.25) is 4.79 Å². The van der Waals surface area contributed by atoms with E-state index in [9.17, 15) is 4.79 Å². The predicted octanol–water partition coefficient (Wildman–Crippen LogP) is 2.89. The number of halogens is 1. The molecule has 0 aromatic carbocycles. The van der Waals surface area contributed by atoms with Crippen molar-refractivity contribution in [3.63, 3.8) is 0 Å². The number of nitrogens with two attached hydrogens (primary N) is 1. The molecule has 0 saturated heterocycles. The smallest absolute Gasteiger partial charge is 0.240 e. The second-order valence-electron chi connectivity index (χ2n) is 5.78. The predicted molar refractivity (Wildman–Crippen MR) is 84.3 cm³/mol. The molecule has 0 aliphatic heterocycles. The first-order chi connectivity index (χ1) is 9.59. The van der Waals surface area contributed by atoms with E-state index in [1.54, 1.807) is 0 Å². The van der Waals surface area contributed by atoms with E-state index in [1.807, 2.05) is 6.07 Å². The number of nitrogens with zero attached hydrogens (tertiary/aromatic N) is 1. The Bertz CT molecular complexity index is 452. The highest BCUT2D eigenvalue weighted by Gasteiger charge is 2.36. The number of hydrogen-bond acceptors (Lipinski definition) is 4. The first-order valence-corrected chi connectivity index (χ1v) is 7.61. The zero-order chi connectivity index (χ0) is 14.6. The molecule has 1 fully saturated rings. The molecule has 2 rings (SSSR count). The number of hydrogen-bond donors (Lipinski definition) is 2. The van der Waals surface area contributed by atoms with Gasteiger partial charge in [0, 0.05) is 12.0 Å². The SMILES string of the molecule is CCC(CC)c1cc(CNC(=O)C2(N)CCCC2)on1.Cl. The normalized spacial score (nSPS) is 16.8. The molecular weight excluding hydrogens is 290 g/mol. The highest BCUT2D eigenvalue weighted by Crippen LogP contribution is 2.27. The molecule has 0 bridgehead atoms. The molecule has 1 heterocycles. The largest absolute Gasteiger partial charge is 0.359 e. The van der Waals surface area contributed by atoms with Crippen LogP contribution in [-0.2, 0) is 11.3 Å². The standard InChI is InChI=1S/C15H25N3O2.ClH/c1-3-11(4-2)13-9-12(20-18-13)10-17-14(19)15(16)7-5-6-8-15;/h9,11H,3-8,10,16H2,1-2H3,(H,17,19);1H. The van der Waals surface area contributed by atoms with Crippen LogP contribution in [0.1, 0.15) is 69.7 Å². The molecule has 1 aliphatic carbocycles. The van der Waals surface area contributed by atoms with Gasteiger partial charge >= 0.3 is 0 Å². The van der Waals surface area contributed by atoms with Gasteiger partial charge in [-0.25, -0.2) is 0 Å². The van der Waals surface area contributed by atoms with E-state index in [2.05, 4.69) is 24.3 Å². The number of rotatable bonds is 6. The van der Waals surface area contributed by atoms with Crippen LogP contribution in [0, 0.1) is 0 Å². The first-order valence-electron chi connectivity index (χ1n) is 7.61. The second-order valence-corrected chi connectivity index (χ2v) is 5.78. The van der Waals surface area contributed by atoms with Crippen molar-refractivity contribution in [1.82, 2.24) is 10.5 Å². The van der Waals surface area contributed by atoms with Crippen molar-refractivity contribution in [2.24, 2.45) is 5.73 Å². The Morgan fingerprint density at radius 1 is 1.43 bits per heavy atom. The molecule has 21 heavy (non-hydrogen) atoms. The summed E-state index contributed by atoms with van der Waals surface area (Å²) in [5.41, 5.74) is 6.40. The van der Waals surface area contributed by atoms with Crippen molar-refractivity contribution in [2.75, 3.05) is 0 Å². The Morgan fingerprint density at radius 3 is 2.62 bits per heavy atom. The van der Waals surface area contributed by atoms with Crippen LogP contribution in [0.3, 0.4) is 0 Å². The Morgan fingerprint density at radius 2 is 2.05 bits per heavy atom. The van der Waals surface area contributed by atoms with Gasteiger partial charge in [0.15, 0.2) is 5.76 Å². The third kappa shape index (κ3) is 4.20. The van der Waals surface area contributed by atoms with E-state index < -0.39 is 5.54 Å². The highest BCUT2D eigenvalue weighted by atomic mass is 35.5. The van der Waals surface area contributed by atoms with Gasteiger partial charge in [-0.2, -0.15) is 0 Å². The van der Waals surface area contributed by atoms with Crippen LogP contribution in [0.15, 0.2) is 10.6 Å².